The minimum absolute atomic E-state index is 0.0970. The standard InChI is InChI=1S/C23H22N4OS/c1-23(2,3)26-22-21(25-20-15-24-12-13-27(20)22)19-11-10-18(29-19)9-8-16-6-5-7-17(14-16)28-4/h5-7,10-15,26H,1-4H3. The second kappa shape index (κ2) is 7.61. The Kier molecular flexibility index (Phi) is 4.99. The Morgan fingerprint density at radius 3 is 2.79 bits per heavy atom. The molecule has 146 valence electrons. The predicted molar refractivity (Wildman–Crippen MR) is 119 cm³/mol. The van der Waals surface area contributed by atoms with Crippen molar-refractivity contribution in [1.29, 1.82) is 0 Å². The number of benzene rings is 1. The fraction of sp³-hybridized carbons (Fsp3) is 0.217. The van der Waals surface area contributed by atoms with Gasteiger partial charge in [-0.05, 0) is 51.1 Å². The molecule has 3 heterocycles. The van der Waals surface area contributed by atoms with E-state index in [1.807, 2.05) is 40.9 Å². The fourth-order valence-electron chi connectivity index (χ4n) is 2.92. The van der Waals surface area contributed by atoms with Crippen LogP contribution in [0.1, 0.15) is 31.2 Å². The van der Waals surface area contributed by atoms with Crippen LogP contribution in [0.15, 0.2) is 55.0 Å². The zero-order valence-corrected chi connectivity index (χ0v) is 17.7. The van der Waals surface area contributed by atoms with Gasteiger partial charge >= 0.3 is 0 Å². The molecule has 0 unspecified atom stereocenters. The zero-order valence-electron chi connectivity index (χ0n) is 16.9. The van der Waals surface area contributed by atoms with Crippen LogP contribution in [0.5, 0.6) is 5.75 Å². The Labute approximate surface area is 174 Å². The molecule has 1 aromatic carbocycles. The summed E-state index contributed by atoms with van der Waals surface area (Å²) in [7, 11) is 1.66. The lowest BCUT2D eigenvalue weighted by atomic mass is 10.1. The minimum atomic E-state index is -0.0970. The highest BCUT2D eigenvalue weighted by molar-refractivity contribution is 7.16. The lowest BCUT2D eigenvalue weighted by Crippen LogP contribution is -2.27. The van der Waals surface area contributed by atoms with E-state index in [1.165, 1.54) is 0 Å². The van der Waals surface area contributed by atoms with E-state index in [4.69, 9.17) is 9.72 Å². The van der Waals surface area contributed by atoms with Crippen molar-refractivity contribution in [3.63, 3.8) is 0 Å². The molecule has 0 spiro atoms. The summed E-state index contributed by atoms with van der Waals surface area (Å²) >= 11 is 1.63. The van der Waals surface area contributed by atoms with Crippen LogP contribution in [0.25, 0.3) is 16.2 Å². The third-order valence-corrected chi connectivity index (χ3v) is 5.17. The van der Waals surface area contributed by atoms with Crippen LogP contribution < -0.4 is 10.1 Å². The van der Waals surface area contributed by atoms with Crippen LogP contribution in [-0.2, 0) is 0 Å². The highest BCUT2D eigenvalue weighted by Crippen LogP contribution is 2.34. The summed E-state index contributed by atoms with van der Waals surface area (Å²) in [4.78, 5) is 11.1. The number of nitrogens with one attached hydrogen (secondary N) is 1. The summed E-state index contributed by atoms with van der Waals surface area (Å²) in [6.45, 7) is 6.41. The molecule has 4 rings (SSSR count). The van der Waals surface area contributed by atoms with Crippen molar-refractivity contribution in [2.75, 3.05) is 12.4 Å². The molecule has 0 aliphatic heterocycles. The van der Waals surface area contributed by atoms with Crippen LogP contribution in [0.2, 0.25) is 0 Å². The molecule has 0 saturated heterocycles. The van der Waals surface area contributed by atoms with Crippen LogP contribution in [0.4, 0.5) is 5.82 Å². The summed E-state index contributed by atoms with van der Waals surface area (Å²) in [5, 5.41) is 3.58. The van der Waals surface area contributed by atoms with E-state index in [-0.39, 0.29) is 5.54 Å². The van der Waals surface area contributed by atoms with Crippen LogP contribution in [0, 0.1) is 11.8 Å². The van der Waals surface area contributed by atoms with Gasteiger partial charge in [0.2, 0.25) is 0 Å². The Balaban J connectivity index is 1.70. The van der Waals surface area contributed by atoms with E-state index in [2.05, 4.69) is 49.0 Å². The maximum absolute atomic E-state index is 5.26. The molecular weight excluding hydrogens is 380 g/mol. The number of thiophene rings is 1. The highest BCUT2D eigenvalue weighted by Gasteiger charge is 2.20. The number of fused-ring (bicyclic) bond motifs is 1. The third kappa shape index (κ3) is 4.25. The van der Waals surface area contributed by atoms with Gasteiger partial charge in [-0.2, -0.15) is 0 Å². The summed E-state index contributed by atoms with van der Waals surface area (Å²) in [6.07, 6.45) is 5.47. The number of rotatable bonds is 3. The van der Waals surface area contributed by atoms with Crippen molar-refractivity contribution in [3.05, 3.63) is 65.4 Å². The van der Waals surface area contributed by atoms with Crippen molar-refractivity contribution in [2.24, 2.45) is 0 Å². The number of imidazole rings is 1. The second-order valence-corrected chi connectivity index (χ2v) is 8.72. The largest absolute Gasteiger partial charge is 0.497 e. The van der Waals surface area contributed by atoms with Gasteiger partial charge in [-0.15, -0.1) is 11.3 Å². The average Bonchev–Trinajstić information content (AvgIpc) is 3.30. The van der Waals surface area contributed by atoms with E-state index in [0.29, 0.717) is 0 Å². The van der Waals surface area contributed by atoms with Gasteiger partial charge in [0.05, 0.1) is 23.1 Å². The first-order valence-corrected chi connectivity index (χ1v) is 10.1. The number of nitrogens with zero attached hydrogens (tertiary/aromatic N) is 3. The monoisotopic (exact) mass is 402 g/mol. The summed E-state index contributed by atoms with van der Waals surface area (Å²) < 4.78 is 7.30. The molecule has 1 N–H and O–H groups in total. The first-order valence-electron chi connectivity index (χ1n) is 9.29. The summed E-state index contributed by atoms with van der Waals surface area (Å²) in [5.74, 6) is 8.23. The number of aromatic nitrogens is 3. The molecule has 0 atom stereocenters. The van der Waals surface area contributed by atoms with Crippen molar-refractivity contribution in [3.8, 4) is 28.2 Å². The molecule has 0 aliphatic rings. The van der Waals surface area contributed by atoms with Crippen LogP contribution in [-0.4, -0.2) is 27.0 Å². The fourth-order valence-corrected chi connectivity index (χ4v) is 3.77. The average molecular weight is 403 g/mol. The number of hydrogen-bond acceptors (Lipinski definition) is 5. The maximum Gasteiger partial charge on any atom is 0.157 e. The van der Waals surface area contributed by atoms with Crippen molar-refractivity contribution >= 4 is 22.8 Å². The summed E-state index contributed by atoms with van der Waals surface area (Å²) in [5.41, 5.74) is 2.55. The molecule has 5 nitrogen and oxygen atoms in total. The van der Waals surface area contributed by atoms with E-state index in [9.17, 15) is 0 Å². The molecule has 3 aromatic heterocycles. The molecule has 0 radical (unpaired) electrons. The molecule has 6 heteroatoms. The van der Waals surface area contributed by atoms with Crippen molar-refractivity contribution in [1.82, 2.24) is 14.4 Å². The van der Waals surface area contributed by atoms with Gasteiger partial charge in [0.15, 0.2) is 5.65 Å². The number of methoxy groups -OCH3 is 1. The number of ether oxygens (including phenoxy) is 1. The van der Waals surface area contributed by atoms with Gasteiger partial charge in [0, 0.05) is 23.5 Å². The molecule has 0 amide bonds. The van der Waals surface area contributed by atoms with Gasteiger partial charge in [-0.25, -0.2) is 4.98 Å². The quantitative estimate of drug-likeness (QED) is 0.486. The molecular formula is C23H22N4OS. The Bertz CT molecular complexity index is 1220. The van der Waals surface area contributed by atoms with Crippen LogP contribution >= 0.6 is 11.3 Å². The normalized spacial score (nSPS) is 11.2. The van der Waals surface area contributed by atoms with E-state index in [1.54, 1.807) is 30.8 Å². The number of anilines is 1. The van der Waals surface area contributed by atoms with E-state index < -0.39 is 0 Å². The molecule has 4 aromatic rings. The smallest absolute Gasteiger partial charge is 0.157 e. The Morgan fingerprint density at radius 2 is 2.00 bits per heavy atom. The first kappa shape index (κ1) is 19.0. The molecule has 0 fully saturated rings. The number of hydrogen-bond donors (Lipinski definition) is 1. The topological polar surface area (TPSA) is 51.5 Å². The van der Waals surface area contributed by atoms with Crippen molar-refractivity contribution in [2.45, 2.75) is 26.3 Å². The molecule has 29 heavy (non-hydrogen) atoms. The van der Waals surface area contributed by atoms with Crippen LogP contribution in [0.3, 0.4) is 0 Å². The highest BCUT2D eigenvalue weighted by atomic mass is 32.1. The third-order valence-electron chi connectivity index (χ3n) is 4.16. The maximum atomic E-state index is 5.26. The summed E-state index contributed by atoms with van der Waals surface area (Å²) in [6, 6.07) is 11.9. The second-order valence-electron chi connectivity index (χ2n) is 7.63. The van der Waals surface area contributed by atoms with E-state index >= 15 is 0 Å². The van der Waals surface area contributed by atoms with Gasteiger partial charge in [-0.1, -0.05) is 17.9 Å². The lowest BCUT2D eigenvalue weighted by Gasteiger charge is -2.22. The Morgan fingerprint density at radius 1 is 1.14 bits per heavy atom. The molecule has 0 aliphatic carbocycles. The Hall–Kier alpha value is -3.30. The SMILES string of the molecule is COc1cccc(C#Cc2ccc(-c3nc4cnccn4c3NC(C)(C)C)s2)c1. The lowest BCUT2D eigenvalue weighted by molar-refractivity contribution is 0.414. The minimum Gasteiger partial charge on any atom is -0.497 e. The first-order chi connectivity index (χ1) is 13.9. The zero-order chi connectivity index (χ0) is 20.4. The molecule has 0 bridgehead atoms. The molecule has 0 saturated carbocycles. The van der Waals surface area contributed by atoms with Gasteiger partial charge < -0.3 is 10.1 Å². The van der Waals surface area contributed by atoms with Gasteiger partial charge in [0.1, 0.15) is 17.3 Å². The van der Waals surface area contributed by atoms with Gasteiger partial charge in [-0.3, -0.25) is 9.38 Å². The van der Waals surface area contributed by atoms with Crippen molar-refractivity contribution < 1.29 is 4.74 Å². The van der Waals surface area contributed by atoms with E-state index in [0.717, 1.165) is 38.2 Å². The predicted octanol–water partition coefficient (Wildman–Crippen LogP) is 5.08. The van der Waals surface area contributed by atoms with Gasteiger partial charge in [0.25, 0.3) is 0 Å².